The number of rotatable bonds is 8. The third-order valence-corrected chi connectivity index (χ3v) is 8.01. The summed E-state index contributed by atoms with van der Waals surface area (Å²) in [5.74, 6) is -0.158. The minimum absolute atomic E-state index is 0.158. The minimum atomic E-state index is -1.01. The van der Waals surface area contributed by atoms with Crippen molar-refractivity contribution in [1.82, 2.24) is 35.6 Å². The van der Waals surface area contributed by atoms with Crippen molar-refractivity contribution in [2.45, 2.75) is 32.2 Å². The molecule has 1 atom stereocenters. The van der Waals surface area contributed by atoms with Crippen LogP contribution in [-0.4, -0.2) is 44.1 Å². The molecular weight excluding hydrogens is 557 g/mol. The van der Waals surface area contributed by atoms with Crippen LogP contribution in [-0.2, 0) is 10.3 Å². The van der Waals surface area contributed by atoms with Crippen LogP contribution in [0.15, 0.2) is 84.7 Å². The van der Waals surface area contributed by atoms with Gasteiger partial charge in [0, 0.05) is 35.1 Å². The lowest BCUT2D eigenvalue weighted by Crippen LogP contribution is -2.51. The smallest absolute Gasteiger partial charge is 0.218 e. The van der Waals surface area contributed by atoms with E-state index in [4.69, 9.17) is 23.2 Å². The lowest BCUT2D eigenvalue weighted by atomic mass is 9.78. The lowest BCUT2D eigenvalue weighted by molar-refractivity contribution is -0.120. The van der Waals surface area contributed by atoms with Crippen LogP contribution in [0.1, 0.15) is 37.8 Å². The Morgan fingerprint density at radius 1 is 1.02 bits per heavy atom. The van der Waals surface area contributed by atoms with Crippen molar-refractivity contribution in [3.05, 3.63) is 106 Å². The summed E-state index contributed by atoms with van der Waals surface area (Å²) in [4.78, 5) is 15.3. The molecule has 0 saturated heterocycles. The van der Waals surface area contributed by atoms with Gasteiger partial charge in [-0.15, -0.1) is 5.10 Å². The molecule has 8 nitrogen and oxygen atoms in total. The third-order valence-electron chi connectivity index (χ3n) is 7.52. The van der Waals surface area contributed by atoms with Gasteiger partial charge in [0.05, 0.1) is 17.9 Å². The van der Waals surface area contributed by atoms with Gasteiger partial charge in [-0.3, -0.25) is 4.79 Å². The largest absolute Gasteiger partial charge is 0.372 e. The molecule has 208 valence electrons. The summed E-state index contributed by atoms with van der Waals surface area (Å²) in [6, 6.07) is 23.5. The van der Waals surface area contributed by atoms with Gasteiger partial charge in [0.2, 0.25) is 5.91 Å². The van der Waals surface area contributed by atoms with Crippen molar-refractivity contribution in [3.63, 3.8) is 0 Å². The number of unbranched alkanes of at least 4 members (excludes halogenated alkanes) is 1. The van der Waals surface area contributed by atoms with E-state index < -0.39 is 5.54 Å². The second-order valence-corrected chi connectivity index (χ2v) is 11.1. The molecule has 5 aromatic rings. The van der Waals surface area contributed by atoms with Crippen molar-refractivity contribution >= 4 is 45.7 Å². The van der Waals surface area contributed by atoms with Crippen molar-refractivity contribution in [1.29, 1.82) is 0 Å². The molecule has 0 aliphatic carbocycles. The average Bonchev–Trinajstić information content (AvgIpc) is 3.64. The first-order valence-corrected chi connectivity index (χ1v) is 14.3. The van der Waals surface area contributed by atoms with E-state index in [0.29, 0.717) is 22.4 Å². The fourth-order valence-electron chi connectivity index (χ4n) is 5.68. The van der Waals surface area contributed by atoms with Gasteiger partial charge in [-0.2, -0.15) is 4.52 Å². The molecule has 0 radical (unpaired) electrons. The van der Waals surface area contributed by atoms with E-state index in [1.807, 2.05) is 72.9 Å². The molecule has 10 heteroatoms. The van der Waals surface area contributed by atoms with E-state index in [-0.39, 0.29) is 5.91 Å². The van der Waals surface area contributed by atoms with E-state index in [1.54, 1.807) is 11.4 Å². The second kappa shape index (κ2) is 11.0. The number of nitrogens with zero attached hydrogens (tertiary/aromatic N) is 5. The molecule has 0 bridgehead atoms. The predicted molar refractivity (Wildman–Crippen MR) is 162 cm³/mol. The van der Waals surface area contributed by atoms with E-state index in [9.17, 15) is 4.79 Å². The zero-order valence-corrected chi connectivity index (χ0v) is 24.2. The predicted octanol–water partition coefficient (Wildman–Crippen LogP) is 6.14. The molecule has 1 unspecified atom stereocenters. The van der Waals surface area contributed by atoms with Gasteiger partial charge in [0.1, 0.15) is 5.54 Å². The standard InChI is InChI=1S/C31H29Cl2N7O/c1-3-4-14-39-19-34-18-29(39)31(35-20(2)41,22-8-11-24(32)12-9-22)23-10-13-28-27(16-23)26(17-30-36-37-38-40(28)30)21-6-5-7-25(33)15-21/h5-13,15-18,34H,3-4,14,19H2,1-2H3,(H,35,41). The third kappa shape index (κ3) is 4.87. The summed E-state index contributed by atoms with van der Waals surface area (Å²) in [5.41, 5.74) is 5.04. The molecule has 1 aliphatic rings. The molecule has 1 aliphatic heterocycles. The summed E-state index contributed by atoms with van der Waals surface area (Å²) >= 11 is 12.8. The number of pyridine rings is 1. The summed E-state index contributed by atoms with van der Waals surface area (Å²) < 4.78 is 1.72. The highest BCUT2D eigenvalue weighted by atomic mass is 35.5. The Kier molecular flexibility index (Phi) is 7.28. The van der Waals surface area contributed by atoms with E-state index in [2.05, 4.69) is 44.0 Å². The first-order valence-electron chi connectivity index (χ1n) is 13.6. The Morgan fingerprint density at radius 2 is 1.83 bits per heavy atom. The monoisotopic (exact) mass is 585 g/mol. The first kappa shape index (κ1) is 27.1. The number of carbonyl (C=O) groups is 1. The van der Waals surface area contributed by atoms with Crippen LogP contribution in [0.2, 0.25) is 10.0 Å². The van der Waals surface area contributed by atoms with Gasteiger partial charge in [0.25, 0.3) is 0 Å². The fraction of sp³-hybridized carbons (Fsp3) is 0.226. The number of nitrogens with one attached hydrogen (secondary N) is 2. The Balaban J connectivity index is 1.67. The SMILES string of the molecule is CCCCN1CNC=C1C(NC(C)=O)(c1ccc(Cl)cc1)c1ccc2c(c1)c(-c1cccc(Cl)c1)cc1nnnn12. The number of hydrogen-bond donors (Lipinski definition) is 2. The van der Waals surface area contributed by atoms with Gasteiger partial charge in [-0.05, 0) is 81.6 Å². The minimum Gasteiger partial charge on any atom is -0.372 e. The number of aromatic nitrogens is 4. The highest BCUT2D eigenvalue weighted by molar-refractivity contribution is 6.31. The van der Waals surface area contributed by atoms with Crippen LogP contribution in [0.4, 0.5) is 0 Å². The Hall–Kier alpha value is -4.14. The van der Waals surface area contributed by atoms with Gasteiger partial charge in [-0.1, -0.05) is 66.9 Å². The summed E-state index contributed by atoms with van der Waals surface area (Å²) in [6.07, 6.45) is 4.08. The second-order valence-electron chi connectivity index (χ2n) is 10.2. The normalized spacial score (nSPS) is 14.6. The van der Waals surface area contributed by atoms with E-state index in [0.717, 1.165) is 58.2 Å². The van der Waals surface area contributed by atoms with Crippen LogP contribution in [0.25, 0.3) is 27.7 Å². The number of benzene rings is 3. The van der Waals surface area contributed by atoms with Crippen LogP contribution in [0.3, 0.4) is 0 Å². The number of carbonyl (C=O) groups excluding carboxylic acids is 1. The molecule has 3 heterocycles. The summed E-state index contributed by atoms with van der Waals surface area (Å²) in [7, 11) is 0. The molecule has 2 N–H and O–H groups in total. The number of amides is 1. The van der Waals surface area contributed by atoms with Gasteiger partial charge in [0.15, 0.2) is 5.65 Å². The average molecular weight is 587 g/mol. The van der Waals surface area contributed by atoms with Crippen LogP contribution >= 0.6 is 23.2 Å². The Labute approximate surface area is 247 Å². The summed E-state index contributed by atoms with van der Waals surface area (Å²) in [6.45, 7) is 5.22. The molecule has 0 fully saturated rings. The zero-order chi connectivity index (χ0) is 28.6. The molecule has 2 aromatic heterocycles. The summed E-state index contributed by atoms with van der Waals surface area (Å²) in [5, 5.41) is 21.3. The van der Waals surface area contributed by atoms with Crippen LogP contribution in [0, 0.1) is 0 Å². The van der Waals surface area contributed by atoms with Gasteiger partial charge < -0.3 is 15.5 Å². The Morgan fingerprint density at radius 3 is 2.59 bits per heavy atom. The molecule has 6 rings (SSSR count). The van der Waals surface area contributed by atoms with Crippen molar-refractivity contribution in [2.24, 2.45) is 0 Å². The molecule has 0 spiro atoms. The van der Waals surface area contributed by atoms with Crippen molar-refractivity contribution in [2.75, 3.05) is 13.2 Å². The number of tetrazole rings is 1. The molecule has 41 heavy (non-hydrogen) atoms. The topological polar surface area (TPSA) is 87.5 Å². The maximum absolute atomic E-state index is 13.0. The van der Waals surface area contributed by atoms with Crippen LogP contribution < -0.4 is 10.6 Å². The molecule has 1 amide bonds. The number of halogens is 2. The lowest BCUT2D eigenvalue weighted by Gasteiger charge is -2.41. The van der Waals surface area contributed by atoms with Crippen LogP contribution in [0.5, 0.6) is 0 Å². The number of hydrogen-bond acceptors (Lipinski definition) is 6. The van der Waals surface area contributed by atoms with Gasteiger partial charge >= 0.3 is 0 Å². The zero-order valence-electron chi connectivity index (χ0n) is 22.7. The van der Waals surface area contributed by atoms with E-state index in [1.165, 1.54) is 0 Å². The maximum atomic E-state index is 13.0. The molecular formula is C31H29Cl2N7O. The Bertz CT molecular complexity index is 1780. The fourth-order valence-corrected chi connectivity index (χ4v) is 6.00. The molecule has 3 aromatic carbocycles. The highest BCUT2D eigenvalue weighted by Crippen LogP contribution is 2.42. The van der Waals surface area contributed by atoms with Crippen molar-refractivity contribution < 1.29 is 4.79 Å². The molecule has 0 saturated carbocycles. The van der Waals surface area contributed by atoms with Crippen molar-refractivity contribution in [3.8, 4) is 11.1 Å². The number of fused-ring (bicyclic) bond motifs is 3. The first-order chi connectivity index (χ1) is 19.9. The quantitative estimate of drug-likeness (QED) is 0.227. The van der Waals surface area contributed by atoms with Gasteiger partial charge in [-0.25, -0.2) is 0 Å². The van der Waals surface area contributed by atoms with E-state index >= 15 is 0 Å². The maximum Gasteiger partial charge on any atom is 0.218 e. The highest BCUT2D eigenvalue weighted by Gasteiger charge is 2.43.